The maximum absolute atomic E-state index is 15.0. The van der Waals surface area contributed by atoms with Gasteiger partial charge in [-0.05, 0) is 67.0 Å². The molecule has 0 fully saturated rings. The number of benzene rings is 1. The van der Waals surface area contributed by atoms with Crippen LogP contribution < -0.4 is 16.6 Å². The molecule has 1 aromatic carbocycles. The van der Waals surface area contributed by atoms with Crippen molar-refractivity contribution in [3.8, 4) is 0 Å². The zero-order chi connectivity index (χ0) is 28.1. The fraction of sp³-hybridized carbons (Fsp3) is 0.464. The number of ether oxygens (including phenoxy) is 2. The van der Waals surface area contributed by atoms with E-state index in [1.54, 1.807) is 19.9 Å². The number of hydrogen-bond donors (Lipinski definition) is 4. The average molecular weight is 540 g/mol. The molecule has 0 spiro atoms. The van der Waals surface area contributed by atoms with Crippen LogP contribution in [0.25, 0.3) is 16.6 Å². The molecule has 11 heteroatoms. The first-order valence-corrected chi connectivity index (χ1v) is 13.1. The number of rotatable bonds is 7. The number of hydrazine groups is 1. The number of fused-ring (bicyclic) bond motifs is 2. The Bertz CT molecular complexity index is 1440. The number of carbonyl (C=O) groups excluding carboxylic acids is 2. The summed E-state index contributed by atoms with van der Waals surface area (Å²) in [6.45, 7) is 5.80. The van der Waals surface area contributed by atoms with Crippen molar-refractivity contribution in [2.45, 2.75) is 58.2 Å². The summed E-state index contributed by atoms with van der Waals surface area (Å²) in [7, 11) is 1.91. The number of amides is 1. The van der Waals surface area contributed by atoms with Gasteiger partial charge >= 0.3 is 5.97 Å². The Kier molecular flexibility index (Phi) is 7.19. The van der Waals surface area contributed by atoms with Crippen LogP contribution >= 0.6 is 0 Å². The Morgan fingerprint density at radius 2 is 2.18 bits per heavy atom. The second-order valence-corrected chi connectivity index (χ2v) is 10.4. The van der Waals surface area contributed by atoms with Crippen molar-refractivity contribution in [2.75, 3.05) is 27.0 Å². The van der Waals surface area contributed by atoms with Crippen LogP contribution in [0.3, 0.4) is 0 Å². The van der Waals surface area contributed by atoms with Gasteiger partial charge < -0.3 is 24.8 Å². The number of hydrogen-bond acceptors (Lipinski definition) is 9. The molecule has 3 heterocycles. The average Bonchev–Trinajstić information content (AvgIpc) is 3.22. The zero-order valence-corrected chi connectivity index (χ0v) is 22.6. The molecule has 0 saturated heterocycles. The third kappa shape index (κ3) is 4.49. The number of halogens is 1. The summed E-state index contributed by atoms with van der Waals surface area (Å²) in [4.78, 5) is 32.2. The third-order valence-electron chi connectivity index (χ3n) is 8.03. The Hall–Kier alpha value is -3.38. The van der Waals surface area contributed by atoms with Gasteiger partial charge in [0.15, 0.2) is 5.60 Å². The van der Waals surface area contributed by atoms with Crippen LogP contribution in [0.5, 0.6) is 0 Å². The molecule has 2 aromatic rings. The SMILES string of the molecule is CC[C@@]1(O)C(=O)OCC(C)=C1/C=C1/c2nc3cc(F)c(C)c4c3c(c2CN1C)[C@@H](NC(=O)COCNN)CC4. The molecule has 1 amide bonds. The fourth-order valence-electron chi connectivity index (χ4n) is 5.96. The molecule has 0 radical (unpaired) electrons. The van der Waals surface area contributed by atoms with Crippen molar-refractivity contribution < 1.29 is 28.6 Å². The molecule has 0 saturated carbocycles. The highest BCUT2D eigenvalue weighted by atomic mass is 19.1. The Morgan fingerprint density at radius 1 is 1.41 bits per heavy atom. The second-order valence-electron chi connectivity index (χ2n) is 10.4. The van der Waals surface area contributed by atoms with Gasteiger partial charge in [0.1, 0.15) is 25.8 Å². The summed E-state index contributed by atoms with van der Waals surface area (Å²) in [5.41, 5.74) is 6.99. The van der Waals surface area contributed by atoms with E-state index in [4.69, 9.17) is 20.3 Å². The lowest BCUT2D eigenvalue weighted by molar-refractivity contribution is -0.162. The van der Waals surface area contributed by atoms with E-state index in [0.29, 0.717) is 47.4 Å². The van der Waals surface area contributed by atoms with Crippen LogP contribution in [0, 0.1) is 12.7 Å². The quantitative estimate of drug-likeness (QED) is 0.137. The van der Waals surface area contributed by atoms with Gasteiger partial charge in [0, 0.05) is 30.6 Å². The zero-order valence-electron chi connectivity index (χ0n) is 22.6. The standard InChI is InChI=1S/C28H34FN5O5/c1-5-28(37)18(14(2)11-39-27(28)36)8-22-26-17(10-34(22)4)25-20(32-23(35)12-38-13-31-30)7-6-16-15(3)19(29)9-21(33-26)24(16)25/h8-9,20,31,37H,5-7,10-13,30H2,1-4H3,(H,32,35)/b22-8-/t20-,28-/m0/s1. The van der Waals surface area contributed by atoms with E-state index in [-0.39, 0.29) is 44.1 Å². The summed E-state index contributed by atoms with van der Waals surface area (Å²) < 4.78 is 25.4. The van der Waals surface area contributed by atoms with Crippen molar-refractivity contribution in [2.24, 2.45) is 5.84 Å². The van der Waals surface area contributed by atoms with Crippen LogP contribution in [-0.4, -0.2) is 59.5 Å². The fourth-order valence-corrected chi connectivity index (χ4v) is 5.96. The van der Waals surface area contributed by atoms with Crippen molar-refractivity contribution >= 4 is 28.5 Å². The minimum atomic E-state index is -1.77. The minimum Gasteiger partial charge on any atom is -0.459 e. The van der Waals surface area contributed by atoms with Crippen molar-refractivity contribution in [3.63, 3.8) is 0 Å². The molecule has 3 aliphatic rings. The van der Waals surface area contributed by atoms with E-state index in [1.807, 2.05) is 18.9 Å². The molecule has 5 N–H and O–H groups in total. The van der Waals surface area contributed by atoms with Crippen molar-refractivity contribution in [1.82, 2.24) is 20.6 Å². The highest BCUT2D eigenvalue weighted by Crippen LogP contribution is 2.45. The van der Waals surface area contributed by atoms with Gasteiger partial charge in [-0.3, -0.25) is 10.6 Å². The molecular weight excluding hydrogens is 505 g/mol. The summed E-state index contributed by atoms with van der Waals surface area (Å²) in [6.07, 6.45) is 3.14. The molecule has 2 aliphatic heterocycles. The Balaban J connectivity index is 1.68. The maximum Gasteiger partial charge on any atom is 0.343 e. The van der Waals surface area contributed by atoms with Gasteiger partial charge in [0.25, 0.3) is 0 Å². The molecular formula is C28H34FN5O5. The highest BCUT2D eigenvalue weighted by molar-refractivity contribution is 5.94. The molecule has 39 heavy (non-hydrogen) atoms. The van der Waals surface area contributed by atoms with Crippen LogP contribution in [0.1, 0.15) is 60.7 Å². The predicted molar refractivity (Wildman–Crippen MR) is 142 cm³/mol. The number of nitrogens with one attached hydrogen (secondary N) is 2. The van der Waals surface area contributed by atoms with E-state index in [1.165, 1.54) is 6.07 Å². The second kappa shape index (κ2) is 10.3. The van der Waals surface area contributed by atoms with E-state index in [2.05, 4.69) is 10.7 Å². The molecule has 2 atom stereocenters. The first-order chi connectivity index (χ1) is 18.6. The Morgan fingerprint density at radius 3 is 2.90 bits per heavy atom. The monoisotopic (exact) mass is 539 g/mol. The molecule has 1 aliphatic carbocycles. The number of esters is 1. The summed E-state index contributed by atoms with van der Waals surface area (Å²) in [6, 6.07) is 1.12. The van der Waals surface area contributed by atoms with E-state index < -0.39 is 11.6 Å². The van der Waals surface area contributed by atoms with Gasteiger partial charge in [0.2, 0.25) is 5.91 Å². The van der Waals surface area contributed by atoms with Gasteiger partial charge in [-0.1, -0.05) is 6.92 Å². The number of aryl methyl sites for hydroxylation is 1. The molecule has 208 valence electrons. The van der Waals surface area contributed by atoms with Gasteiger partial charge in [-0.2, -0.15) is 0 Å². The smallest absolute Gasteiger partial charge is 0.343 e. The number of aromatic nitrogens is 1. The van der Waals surface area contributed by atoms with Crippen LogP contribution in [0.2, 0.25) is 0 Å². The van der Waals surface area contributed by atoms with Crippen LogP contribution in [-0.2, 0) is 32.0 Å². The molecule has 10 nitrogen and oxygen atoms in total. The number of cyclic esters (lactones) is 1. The van der Waals surface area contributed by atoms with Crippen molar-refractivity contribution in [3.05, 3.63) is 57.1 Å². The summed E-state index contributed by atoms with van der Waals surface area (Å²) in [5.74, 6) is 3.94. The van der Waals surface area contributed by atoms with Gasteiger partial charge in [0.05, 0.1) is 22.9 Å². The third-order valence-corrected chi connectivity index (χ3v) is 8.03. The first-order valence-electron chi connectivity index (χ1n) is 13.1. The number of carbonyl (C=O) groups is 2. The highest BCUT2D eigenvalue weighted by Gasteiger charge is 2.44. The van der Waals surface area contributed by atoms with Crippen molar-refractivity contribution in [1.29, 1.82) is 0 Å². The molecule has 5 rings (SSSR count). The maximum atomic E-state index is 15.0. The van der Waals surface area contributed by atoms with Gasteiger partial charge in [-0.15, -0.1) is 0 Å². The number of aliphatic hydroxyl groups is 1. The summed E-state index contributed by atoms with van der Waals surface area (Å²) >= 11 is 0. The van der Waals surface area contributed by atoms with Gasteiger partial charge in [-0.25, -0.2) is 19.6 Å². The molecule has 1 aromatic heterocycles. The van der Waals surface area contributed by atoms with Crippen LogP contribution in [0.4, 0.5) is 4.39 Å². The normalized spacial score (nSPS) is 23.5. The molecule has 0 bridgehead atoms. The Labute approximate surface area is 226 Å². The number of nitrogens with two attached hydrogens (primary N) is 1. The lowest BCUT2D eigenvalue weighted by atomic mass is 9.81. The topological polar surface area (TPSA) is 139 Å². The first kappa shape index (κ1) is 27.2. The molecule has 0 unspecified atom stereocenters. The number of nitrogens with zero attached hydrogens (tertiary/aromatic N) is 2. The van der Waals surface area contributed by atoms with E-state index >= 15 is 4.39 Å². The summed E-state index contributed by atoms with van der Waals surface area (Å²) in [5, 5.41) is 15.2. The van der Waals surface area contributed by atoms with Crippen LogP contribution in [0.15, 0.2) is 23.3 Å². The number of pyridine rings is 1. The lowest BCUT2D eigenvalue weighted by Gasteiger charge is -2.32. The largest absolute Gasteiger partial charge is 0.459 e. The minimum absolute atomic E-state index is 0.0418. The van der Waals surface area contributed by atoms with E-state index in [9.17, 15) is 14.7 Å². The van der Waals surface area contributed by atoms with E-state index in [0.717, 1.165) is 27.6 Å². The predicted octanol–water partition coefficient (Wildman–Crippen LogP) is 2.02. The lowest BCUT2D eigenvalue weighted by Crippen LogP contribution is -2.45.